The molecule has 5 heteroatoms. The van der Waals surface area contributed by atoms with Crippen molar-refractivity contribution in [3.8, 4) is 11.1 Å². The molecule has 0 saturated heterocycles. The topological polar surface area (TPSA) is 51.7 Å². The molecule has 0 amide bonds. The number of nitrogens with zero attached hydrogens (tertiary/aromatic N) is 2. The van der Waals surface area contributed by atoms with Gasteiger partial charge in [-0.1, -0.05) is 24.3 Å². The highest BCUT2D eigenvalue weighted by Gasteiger charge is 2.11. The number of carbonyl (C=O) groups is 1. The van der Waals surface area contributed by atoms with E-state index in [1.165, 1.54) is 0 Å². The van der Waals surface area contributed by atoms with E-state index in [2.05, 4.69) is 4.98 Å². The first kappa shape index (κ1) is 16.1. The molecule has 1 aromatic carbocycles. The van der Waals surface area contributed by atoms with Crippen LogP contribution in [-0.2, 0) is 9.47 Å². The van der Waals surface area contributed by atoms with Crippen molar-refractivity contribution in [2.45, 2.75) is 6.29 Å². The molecule has 22 heavy (non-hydrogen) atoms. The predicted molar refractivity (Wildman–Crippen MR) is 86.1 cm³/mol. The zero-order valence-electron chi connectivity index (χ0n) is 13.0. The van der Waals surface area contributed by atoms with E-state index in [0.717, 1.165) is 23.2 Å². The smallest absolute Gasteiger partial charge is 0.174 e. The molecule has 2 rings (SSSR count). The zero-order chi connectivity index (χ0) is 15.9. The lowest BCUT2D eigenvalue weighted by Gasteiger charge is -2.23. The Morgan fingerprint density at radius 1 is 1.09 bits per heavy atom. The molecule has 116 valence electrons. The molecule has 0 N–H and O–H groups in total. The minimum absolute atomic E-state index is 0.289. The van der Waals surface area contributed by atoms with E-state index >= 15 is 0 Å². The summed E-state index contributed by atoms with van der Waals surface area (Å²) >= 11 is 0. The van der Waals surface area contributed by atoms with Crippen molar-refractivity contribution in [3.63, 3.8) is 0 Å². The van der Waals surface area contributed by atoms with Crippen LogP contribution in [0.15, 0.2) is 42.6 Å². The van der Waals surface area contributed by atoms with Gasteiger partial charge in [0.05, 0.1) is 6.54 Å². The Hall–Kier alpha value is -2.24. The van der Waals surface area contributed by atoms with Crippen LogP contribution in [-0.4, -0.2) is 45.4 Å². The Morgan fingerprint density at radius 3 is 2.23 bits per heavy atom. The van der Waals surface area contributed by atoms with Crippen LogP contribution in [0.5, 0.6) is 0 Å². The average molecular weight is 300 g/mol. The van der Waals surface area contributed by atoms with Gasteiger partial charge in [-0.05, 0) is 17.7 Å². The number of anilines is 1. The van der Waals surface area contributed by atoms with Crippen LogP contribution in [0.2, 0.25) is 0 Å². The van der Waals surface area contributed by atoms with Gasteiger partial charge in [-0.25, -0.2) is 4.98 Å². The lowest BCUT2D eigenvalue weighted by molar-refractivity contribution is -0.0944. The van der Waals surface area contributed by atoms with Crippen LogP contribution in [0, 0.1) is 0 Å². The van der Waals surface area contributed by atoms with Crippen molar-refractivity contribution in [2.75, 3.05) is 32.7 Å². The third-order valence-electron chi connectivity index (χ3n) is 3.47. The number of carbonyl (C=O) groups excluding carboxylic acids is 1. The molecule has 0 aliphatic rings. The number of rotatable bonds is 7. The number of hydrogen-bond donors (Lipinski definition) is 0. The van der Waals surface area contributed by atoms with Crippen molar-refractivity contribution in [1.82, 2.24) is 4.98 Å². The number of ether oxygens (including phenoxy) is 2. The first-order valence-corrected chi connectivity index (χ1v) is 6.96. The molecule has 0 aliphatic carbocycles. The molecule has 0 radical (unpaired) electrons. The Balaban J connectivity index is 2.10. The van der Waals surface area contributed by atoms with E-state index in [-0.39, 0.29) is 6.29 Å². The maximum atomic E-state index is 10.7. The maximum absolute atomic E-state index is 10.7. The highest BCUT2D eigenvalue weighted by atomic mass is 16.7. The molecule has 0 unspecified atom stereocenters. The standard InChI is InChI=1S/C17H20N2O3/c1-19(11-17(21-2)22-3)16-9-8-15(10-18-16)14-6-4-13(12-20)5-7-14/h4-10,12,17H,11H2,1-3H3. The maximum Gasteiger partial charge on any atom is 0.174 e. The van der Waals surface area contributed by atoms with Crippen molar-refractivity contribution >= 4 is 12.1 Å². The van der Waals surface area contributed by atoms with Gasteiger partial charge in [0, 0.05) is 38.6 Å². The molecule has 0 bridgehead atoms. The minimum Gasteiger partial charge on any atom is -0.355 e. The zero-order valence-corrected chi connectivity index (χ0v) is 13.0. The summed E-state index contributed by atoms with van der Waals surface area (Å²) in [5.74, 6) is 0.840. The van der Waals surface area contributed by atoms with E-state index in [9.17, 15) is 4.79 Å². The number of pyridine rings is 1. The molecule has 1 heterocycles. The highest BCUT2D eigenvalue weighted by Crippen LogP contribution is 2.21. The van der Waals surface area contributed by atoms with Gasteiger partial charge >= 0.3 is 0 Å². The Labute approximate surface area is 130 Å². The van der Waals surface area contributed by atoms with Crippen molar-refractivity contribution in [1.29, 1.82) is 0 Å². The summed E-state index contributed by atoms with van der Waals surface area (Å²) in [6.07, 6.45) is 2.36. The van der Waals surface area contributed by atoms with Gasteiger partial charge in [0.25, 0.3) is 0 Å². The van der Waals surface area contributed by atoms with Crippen LogP contribution >= 0.6 is 0 Å². The first-order chi connectivity index (χ1) is 10.7. The molecule has 0 saturated carbocycles. The number of likely N-dealkylation sites (N-methyl/N-ethyl adjacent to an activating group) is 1. The largest absolute Gasteiger partial charge is 0.355 e. The quantitative estimate of drug-likeness (QED) is 0.581. The van der Waals surface area contributed by atoms with Gasteiger partial charge in [0.2, 0.25) is 0 Å². The van der Waals surface area contributed by atoms with Gasteiger partial charge in [-0.15, -0.1) is 0 Å². The summed E-state index contributed by atoms with van der Waals surface area (Å²) in [4.78, 5) is 17.1. The number of aldehydes is 1. The average Bonchev–Trinajstić information content (AvgIpc) is 2.59. The van der Waals surface area contributed by atoms with Gasteiger partial charge < -0.3 is 14.4 Å². The third kappa shape index (κ3) is 3.90. The predicted octanol–water partition coefficient (Wildman–Crippen LogP) is 2.62. The van der Waals surface area contributed by atoms with E-state index < -0.39 is 0 Å². The van der Waals surface area contributed by atoms with E-state index in [4.69, 9.17) is 9.47 Å². The molecule has 1 aromatic heterocycles. The minimum atomic E-state index is -0.289. The first-order valence-electron chi connectivity index (χ1n) is 6.96. The van der Waals surface area contributed by atoms with Crippen molar-refractivity contribution in [2.24, 2.45) is 0 Å². The van der Waals surface area contributed by atoms with Crippen LogP contribution in [0.1, 0.15) is 10.4 Å². The van der Waals surface area contributed by atoms with Crippen LogP contribution in [0.25, 0.3) is 11.1 Å². The van der Waals surface area contributed by atoms with E-state index in [0.29, 0.717) is 12.1 Å². The Kier molecular flexibility index (Phi) is 5.63. The fraction of sp³-hybridized carbons (Fsp3) is 0.294. The van der Waals surface area contributed by atoms with Crippen LogP contribution < -0.4 is 4.90 Å². The molecule has 0 aliphatic heterocycles. The molecular weight excluding hydrogens is 280 g/mol. The van der Waals surface area contributed by atoms with Crippen molar-refractivity contribution < 1.29 is 14.3 Å². The fourth-order valence-electron chi connectivity index (χ4n) is 2.10. The van der Waals surface area contributed by atoms with Crippen LogP contribution in [0.4, 0.5) is 5.82 Å². The summed E-state index contributed by atoms with van der Waals surface area (Å²) in [5, 5.41) is 0. The van der Waals surface area contributed by atoms with Gasteiger partial charge in [-0.2, -0.15) is 0 Å². The Bertz CT molecular complexity index is 592. The third-order valence-corrected chi connectivity index (χ3v) is 3.47. The SMILES string of the molecule is COC(CN(C)c1ccc(-c2ccc(C=O)cc2)cn1)OC. The molecule has 0 atom stereocenters. The summed E-state index contributed by atoms with van der Waals surface area (Å²) < 4.78 is 10.4. The normalized spacial score (nSPS) is 10.7. The lowest BCUT2D eigenvalue weighted by atomic mass is 10.1. The summed E-state index contributed by atoms with van der Waals surface area (Å²) in [7, 11) is 5.16. The lowest BCUT2D eigenvalue weighted by Crippen LogP contribution is -2.32. The fourth-order valence-corrected chi connectivity index (χ4v) is 2.10. The molecule has 2 aromatic rings. The molecule has 5 nitrogen and oxygen atoms in total. The summed E-state index contributed by atoms with van der Waals surface area (Å²) in [5.41, 5.74) is 2.70. The van der Waals surface area contributed by atoms with Crippen molar-refractivity contribution in [3.05, 3.63) is 48.2 Å². The molecule has 0 spiro atoms. The highest BCUT2D eigenvalue weighted by molar-refractivity contribution is 5.76. The summed E-state index contributed by atoms with van der Waals surface area (Å²) in [6.45, 7) is 0.591. The molecule has 0 fully saturated rings. The van der Waals surface area contributed by atoms with Gasteiger partial charge in [0.15, 0.2) is 6.29 Å². The second-order valence-corrected chi connectivity index (χ2v) is 4.93. The van der Waals surface area contributed by atoms with Gasteiger partial charge in [-0.3, -0.25) is 4.79 Å². The second-order valence-electron chi connectivity index (χ2n) is 4.93. The number of hydrogen-bond acceptors (Lipinski definition) is 5. The number of methoxy groups -OCH3 is 2. The monoisotopic (exact) mass is 300 g/mol. The van der Waals surface area contributed by atoms with Gasteiger partial charge in [0.1, 0.15) is 12.1 Å². The molecular formula is C17H20N2O3. The van der Waals surface area contributed by atoms with E-state index in [1.807, 2.05) is 42.4 Å². The number of aromatic nitrogens is 1. The van der Waals surface area contributed by atoms with Crippen LogP contribution in [0.3, 0.4) is 0 Å². The Morgan fingerprint density at radius 2 is 1.73 bits per heavy atom. The second kappa shape index (κ2) is 7.68. The number of benzene rings is 1. The van der Waals surface area contributed by atoms with E-state index in [1.54, 1.807) is 26.4 Å². The summed E-state index contributed by atoms with van der Waals surface area (Å²) in [6, 6.07) is 11.4.